The van der Waals surface area contributed by atoms with Gasteiger partial charge in [0.2, 0.25) is 5.95 Å². The molecule has 1 N–H and O–H groups in total. The molecule has 0 fully saturated rings. The molecule has 1 amide bonds. The van der Waals surface area contributed by atoms with Crippen LogP contribution in [0.4, 0.5) is 19.1 Å². The Balaban J connectivity index is 1.56. The molecule has 0 bridgehead atoms. The van der Waals surface area contributed by atoms with Crippen molar-refractivity contribution >= 4 is 40.7 Å². The second kappa shape index (κ2) is 7.82. The Morgan fingerprint density at radius 3 is 2.55 bits per heavy atom. The molecular weight excluding hydrogens is 458 g/mol. The van der Waals surface area contributed by atoms with Crippen LogP contribution >= 0.6 is 23.2 Å². The van der Waals surface area contributed by atoms with E-state index in [-0.39, 0.29) is 29.5 Å². The Labute approximate surface area is 182 Å². The molecule has 0 spiro atoms. The van der Waals surface area contributed by atoms with Gasteiger partial charge in [-0.3, -0.25) is 10.1 Å². The van der Waals surface area contributed by atoms with Gasteiger partial charge in [0.15, 0.2) is 11.3 Å². The molecule has 4 rings (SSSR count). The van der Waals surface area contributed by atoms with E-state index in [1.807, 2.05) is 0 Å². The molecule has 4 aromatic rings. The minimum Gasteiger partial charge on any atom is -0.288 e. The van der Waals surface area contributed by atoms with Crippen LogP contribution in [0.25, 0.3) is 5.65 Å². The van der Waals surface area contributed by atoms with Gasteiger partial charge in [0.05, 0.1) is 6.54 Å². The minimum atomic E-state index is -4.66. The Kier molecular flexibility index (Phi) is 5.31. The van der Waals surface area contributed by atoms with E-state index in [1.165, 1.54) is 17.9 Å². The molecule has 3 aromatic heterocycles. The van der Waals surface area contributed by atoms with Gasteiger partial charge in [-0.1, -0.05) is 29.3 Å². The normalized spacial score (nSPS) is 11.8. The van der Waals surface area contributed by atoms with E-state index in [2.05, 4.69) is 25.5 Å². The predicted molar refractivity (Wildman–Crippen MR) is 106 cm³/mol. The lowest BCUT2D eigenvalue weighted by molar-refractivity contribution is -0.142. The summed E-state index contributed by atoms with van der Waals surface area (Å²) in [4.78, 5) is 20.4. The fraction of sp³-hybridized carbons (Fsp3) is 0.167. The summed E-state index contributed by atoms with van der Waals surface area (Å²) in [7, 11) is 0. The number of nitrogens with one attached hydrogen (secondary N) is 1. The van der Waals surface area contributed by atoms with Gasteiger partial charge in [0, 0.05) is 27.4 Å². The number of nitrogens with zero attached hydrogens (tertiary/aromatic N) is 6. The zero-order chi connectivity index (χ0) is 22.3. The van der Waals surface area contributed by atoms with E-state index < -0.39 is 17.8 Å². The van der Waals surface area contributed by atoms with Crippen molar-refractivity contribution in [3.63, 3.8) is 0 Å². The molecule has 13 heteroatoms. The number of alkyl halides is 3. The molecular formula is C18H12Cl2F3N7O. The number of carbonyl (C=O) groups excluding carboxylic acids is 1. The summed E-state index contributed by atoms with van der Waals surface area (Å²) < 4.78 is 41.8. The molecule has 160 valence electrons. The van der Waals surface area contributed by atoms with Crippen molar-refractivity contribution in [2.75, 3.05) is 5.32 Å². The van der Waals surface area contributed by atoms with Crippen LogP contribution in [0, 0.1) is 6.92 Å². The number of aromatic nitrogens is 6. The first-order valence-electron chi connectivity index (χ1n) is 8.70. The molecule has 1 aromatic carbocycles. The van der Waals surface area contributed by atoms with Crippen LogP contribution in [-0.4, -0.2) is 35.3 Å². The third-order valence-electron chi connectivity index (χ3n) is 4.22. The maximum Gasteiger partial charge on any atom is 0.433 e. The van der Waals surface area contributed by atoms with Crippen LogP contribution in [0.3, 0.4) is 0 Å². The highest BCUT2D eigenvalue weighted by Crippen LogP contribution is 2.30. The molecule has 0 atom stereocenters. The van der Waals surface area contributed by atoms with Crippen LogP contribution in [0.2, 0.25) is 10.0 Å². The SMILES string of the molecule is Cc1cc(C(F)(F)F)n2nc(C(=O)Nc3ncn(Cc4c(Cl)cccc4Cl)n3)cc2n1. The molecule has 31 heavy (non-hydrogen) atoms. The summed E-state index contributed by atoms with van der Waals surface area (Å²) in [5.41, 5.74) is -0.646. The maximum atomic E-state index is 13.3. The molecule has 0 aliphatic carbocycles. The highest BCUT2D eigenvalue weighted by Gasteiger charge is 2.35. The highest BCUT2D eigenvalue weighted by atomic mass is 35.5. The first-order valence-corrected chi connectivity index (χ1v) is 9.46. The van der Waals surface area contributed by atoms with Gasteiger partial charge in [0.25, 0.3) is 5.91 Å². The van der Waals surface area contributed by atoms with E-state index in [0.717, 1.165) is 12.1 Å². The Hall–Kier alpha value is -3.18. The van der Waals surface area contributed by atoms with Gasteiger partial charge in [-0.05, 0) is 25.1 Å². The zero-order valence-electron chi connectivity index (χ0n) is 15.7. The fourth-order valence-corrected chi connectivity index (χ4v) is 3.37. The van der Waals surface area contributed by atoms with Gasteiger partial charge < -0.3 is 0 Å². The van der Waals surface area contributed by atoms with Crippen molar-refractivity contribution in [1.82, 2.24) is 29.4 Å². The molecule has 3 heterocycles. The first kappa shape index (κ1) is 21.1. The van der Waals surface area contributed by atoms with Crippen LogP contribution in [0.15, 0.2) is 36.7 Å². The number of rotatable bonds is 4. The number of benzene rings is 1. The summed E-state index contributed by atoms with van der Waals surface area (Å²) in [6, 6.07) is 7.06. The third-order valence-corrected chi connectivity index (χ3v) is 4.93. The van der Waals surface area contributed by atoms with Crippen molar-refractivity contribution in [2.45, 2.75) is 19.6 Å². The van der Waals surface area contributed by atoms with Crippen LogP contribution < -0.4 is 5.32 Å². The quantitative estimate of drug-likeness (QED) is 0.482. The van der Waals surface area contributed by atoms with Crippen molar-refractivity contribution in [3.05, 3.63) is 69.3 Å². The minimum absolute atomic E-state index is 0.0644. The van der Waals surface area contributed by atoms with Crippen LogP contribution in [0.1, 0.15) is 27.4 Å². The number of halogens is 5. The molecule has 0 unspecified atom stereocenters. The second-order valence-corrected chi connectivity index (χ2v) is 7.31. The van der Waals surface area contributed by atoms with Gasteiger partial charge in [0.1, 0.15) is 12.0 Å². The van der Waals surface area contributed by atoms with Crippen molar-refractivity contribution in [1.29, 1.82) is 0 Å². The topological polar surface area (TPSA) is 90.0 Å². The molecule has 0 aliphatic heterocycles. The van der Waals surface area contributed by atoms with E-state index in [9.17, 15) is 18.0 Å². The highest BCUT2D eigenvalue weighted by molar-refractivity contribution is 6.35. The molecule has 0 radical (unpaired) electrons. The maximum absolute atomic E-state index is 13.3. The number of carbonyl (C=O) groups is 1. The summed E-state index contributed by atoms with van der Waals surface area (Å²) >= 11 is 12.3. The van der Waals surface area contributed by atoms with Crippen molar-refractivity contribution < 1.29 is 18.0 Å². The van der Waals surface area contributed by atoms with E-state index in [1.54, 1.807) is 18.2 Å². The fourth-order valence-electron chi connectivity index (χ4n) is 2.85. The standard InChI is InChI=1S/C18H12Cl2F3N7O/c1-9-5-14(18(21,22)23)30-15(25-9)6-13(27-30)16(31)26-17-24-8-29(28-17)7-10-11(19)3-2-4-12(10)20/h2-6,8H,7H2,1H3,(H,26,28,31). The number of aryl methyl sites for hydroxylation is 1. The first-order chi connectivity index (χ1) is 14.6. The van der Waals surface area contributed by atoms with Gasteiger partial charge in [-0.15, -0.1) is 5.10 Å². The summed E-state index contributed by atoms with van der Waals surface area (Å²) in [6.45, 7) is 1.62. The molecule has 0 saturated carbocycles. The monoisotopic (exact) mass is 469 g/mol. The number of hydrogen-bond donors (Lipinski definition) is 1. The van der Waals surface area contributed by atoms with Crippen LogP contribution in [-0.2, 0) is 12.7 Å². The lowest BCUT2D eigenvalue weighted by Crippen LogP contribution is -2.16. The summed E-state index contributed by atoms with van der Waals surface area (Å²) in [5.74, 6) is -0.852. The Morgan fingerprint density at radius 2 is 1.87 bits per heavy atom. The lowest BCUT2D eigenvalue weighted by atomic mass is 10.2. The van der Waals surface area contributed by atoms with E-state index in [4.69, 9.17) is 23.2 Å². The van der Waals surface area contributed by atoms with Crippen LogP contribution in [0.5, 0.6) is 0 Å². The molecule has 0 aliphatic rings. The molecule has 0 saturated heterocycles. The Morgan fingerprint density at radius 1 is 1.16 bits per heavy atom. The smallest absolute Gasteiger partial charge is 0.288 e. The number of anilines is 1. The predicted octanol–water partition coefficient (Wildman–Crippen LogP) is 4.26. The second-order valence-electron chi connectivity index (χ2n) is 6.50. The number of hydrogen-bond acceptors (Lipinski definition) is 5. The number of amides is 1. The van der Waals surface area contributed by atoms with E-state index in [0.29, 0.717) is 20.1 Å². The van der Waals surface area contributed by atoms with Crippen molar-refractivity contribution in [3.8, 4) is 0 Å². The number of fused-ring (bicyclic) bond motifs is 1. The lowest BCUT2D eigenvalue weighted by Gasteiger charge is -2.08. The van der Waals surface area contributed by atoms with Gasteiger partial charge >= 0.3 is 6.18 Å². The van der Waals surface area contributed by atoms with E-state index >= 15 is 0 Å². The zero-order valence-corrected chi connectivity index (χ0v) is 17.2. The summed E-state index contributed by atoms with van der Waals surface area (Å²) in [5, 5.41) is 11.1. The average molecular weight is 470 g/mol. The largest absolute Gasteiger partial charge is 0.433 e. The average Bonchev–Trinajstić information content (AvgIpc) is 3.30. The van der Waals surface area contributed by atoms with Crippen molar-refractivity contribution in [2.24, 2.45) is 0 Å². The molecule has 8 nitrogen and oxygen atoms in total. The van der Waals surface area contributed by atoms with Gasteiger partial charge in [-0.2, -0.15) is 18.3 Å². The van der Waals surface area contributed by atoms with Gasteiger partial charge in [-0.25, -0.2) is 19.2 Å². The summed E-state index contributed by atoms with van der Waals surface area (Å²) in [6.07, 6.45) is -3.31. The Bertz CT molecular complexity index is 1280. The third kappa shape index (κ3) is 4.32.